The fourth-order valence-electron chi connectivity index (χ4n) is 2.14. The van der Waals surface area contributed by atoms with E-state index in [9.17, 15) is 4.79 Å². The number of benzene rings is 2. The highest BCUT2D eigenvalue weighted by Crippen LogP contribution is 2.27. The van der Waals surface area contributed by atoms with Gasteiger partial charge >= 0.3 is 0 Å². The highest BCUT2D eigenvalue weighted by molar-refractivity contribution is 6.07. The van der Waals surface area contributed by atoms with Crippen LogP contribution < -0.4 is 14.8 Å². The van der Waals surface area contributed by atoms with Gasteiger partial charge in [-0.25, -0.2) is 0 Å². The zero-order valence-electron chi connectivity index (χ0n) is 12.5. The normalized spacial score (nSPS) is 10.0. The van der Waals surface area contributed by atoms with E-state index in [4.69, 9.17) is 9.47 Å². The smallest absolute Gasteiger partial charge is 0.259 e. The highest BCUT2D eigenvalue weighted by Gasteiger charge is 2.15. The van der Waals surface area contributed by atoms with Crippen LogP contribution in [0.1, 0.15) is 22.8 Å². The topological polar surface area (TPSA) is 47.6 Å². The van der Waals surface area contributed by atoms with E-state index >= 15 is 0 Å². The number of anilines is 1. The maximum Gasteiger partial charge on any atom is 0.259 e. The van der Waals surface area contributed by atoms with Crippen molar-refractivity contribution in [2.45, 2.75) is 13.8 Å². The number of amides is 1. The number of hydrogen-bond donors (Lipinski definition) is 1. The van der Waals surface area contributed by atoms with Crippen LogP contribution in [-0.4, -0.2) is 19.6 Å². The van der Waals surface area contributed by atoms with Crippen molar-refractivity contribution in [2.75, 3.05) is 19.0 Å². The molecule has 2 aromatic carbocycles. The molecule has 0 saturated carbocycles. The van der Waals surface area contributed by atoms with Crippen LogP contribution in [0.4, 0.5) is 5.69 Å². The van der Waals surface area contributed by atoms with Crippen molar-refractivity contribution in [1.82, 2.24) is 0 Å². The number of aryl methyl sites for hydroxylation is 1. The molecule has 1 N–H and O–H groups in total. The third-order valence-corrected chi connectivity index (χ3v) is 3.10. The number of para-hydroxylation sites is 3. The van der Waals surface area contributed by atoms with E-state index in [2.05, 4.69) is 5.32 Å². The van der Waals surface area contributed by atoms with Crippen molar-refractivity contribution in [3.8, 4) is 11.5 Å². The van der Waals surface area contributed by atoms with Gasteiger partial charge in [-0.15, -0.1) is 0 Å². The molecule has 0 atom stereocenters. The lowest BCUT2D eigenvalue weighted by atomic mass is 10.1. The van der Waals surface area contributed by atoms with Crippen molar-refractivity contribution in [3.63, 3.8) is 0 Å². The SMILES string of the molecule is CCOc1ccccc1NC(=O)c1cccc(C)c1OC. The van der Waals surface area contributed by atoms with Crippen LogP contribution in [-0.2, 0) is 0 Å². The predicted molar refractivity (Wildman–Crippen MR) is 83.3 cm³/mol. The maximum atomic E-state index is 12.5. The highest BCUT2D eigenvalue weighted by atomic mass is 16.5. The van der Waals surface area contributed by atoms with Crippen LogP contribution in [0.2, 0.25) is 0 Å². The van der Waals surface area contributed by atoms with Crippen LogP contribution in [0.3, 0.4) is 0 Å². The average molecular weight is 285 g/mol. The molecule has 110 valence electrons. The Hall–Kier alpha value is -2.49. The molecule has 0 aliphatic heterocycles. The van der Waals surface area contributed by atoms with Crippen LogP contribution in [0.15, 0.2) is 42.5 Å². The van der Waals surface area contributed by atoms with Gasteiger partial charge in [0.25, 0.3) is 5.91 Å². The Balaban J connectivity index is 2.29. The molecule has 0 aromatic heterocycles. The van der Waals surface area contributed by atoms with E-state index in [1.165, 1.54) is 0 Å². The minimum absolute atomic E-state index is 0.220. The van der Waals surface area contributed by atoms with Gasteiger partial charge in [-0.1, -0.05) is 24.3 Å². The second-order valence-electron chi connectivity index (χ2n) is 4.54. The summed E-state index contributed by atoms with van der Waals surface area (Å²) in [6.45, 7) is 4.35. The van der Waals surface area contributed by atoms with Gasteiger partial charge in [-0.3, -0.25) is 4.79 Å². The molecule has 0 spiro atoms. The molecule has 0 radical (unpaired) electrons. The molecule has 2 rings (SSSR count). The van der Waals surface area contributed by atoms with Gasteiger partial charge in [0.2, 0.25) is 0 Å². The van der Waals surface area contributed by atoms with Gasteiger partial charge in [0.15, 0.2) is 0 Å². The maximum absolute atomic E-state index is 12.5. The lowest BCUT2D eigenvalue weighted by molar-refractivity contribution is 0.102. The third kappa shape index (κ3) is 3.34. The summed E-state index contributed by atoms with van der Waals surface area (Å²) in [6, 6.07) is 12.8. The second kappa shape index (κ2) is 6.79. The standard InChI is InChI=1S/C17H19NO3/c1-4-21-15-11-6-5-10-14(15)18-17(19)13-9-7-8-12(2)16(13)20-3/h5-11H,4H2,1-3H3,(H,18,19). The first kappa shape index (κ1) is 14.9. The summed E-state index contributed by atoms with van der Waals surface area (Å²) >= 11 is 0. The molecule has 0 aliphatic rings. The van der Waals surface area contributed by atoms with E-state index in [1.54, 1.807) is 13.2 Å². The number of nitrogens with one attached hydrogen (secondary N) is 1. The largest absolute Gasteiger partial charge is 0.496 e. The number of ether oxygens (including phenoxy) is 2. The zero-order chi connectivity index (χ0) is 15.2. The first-order chi connectivity index (χ1) is 10.2. The lowest BCUT2D eigenvalue weighted by Gasteiger charge is -2.13. The number of methoxy groups -OCH3 is 1. The van der Waals surface area contributed by atoms with Gasteiger partial charge in [0, 0.05) is 0 Å². The van der Waals surface area contributed by atoms with Gasteiger partial charge in [0.1, 0.15) is 11.5 Å². The predicted octanol–water partition coefficient (Wildman–Crippen LogP) is 3.65. The van der Waals surface area contributed by atoms with E-state index in [-0.39, 0.29) is 5.91 Å². The summed E-state index contributed by atoms with van der Waals surface area (Å²) in [6.07, 6.45) is 0. The van der Waals surface area contributed by atoms with Gasteiger partial charge < -0.3 is 14.8 Å². The Labute approximate surface area is 124 Å². The fraction of sp³-hybridized carbons (Fsp3) is 0.235. The Morgan fingerprint density at radius 1 is 1.14 bits per heavy atom. The first-order valence-electron chi connectivity index (χ1n) is 6.84. The molecule has 0 fully saturated rings. The molecule has 4 heteroatoms. The van der Waals surface area contributed by atoms with E-state index in [0.29, 0.717) is 29.4 Å². The summed E-state index contributed by atoms with van der Waals surface area (Å²) in [5, 5.41) is 2.87. The number of rotatable bonds is 5. The van der Waals surface area contributed by atoms with E-state index in [0.717, 1.165) is 5.56 Å². The summed E-state index contributed by atoms with van der Waals surface area (Å²) < 4.78 is 10.8. The van der Waals surface area contributed by atoms with Crippen LogP contribution in [0, 0.1) is 6.92 Å². The van der Waals surface area contributed by atoms with Crippen molar-refractivity contribution in [1.29, 1.82) is 0 Å². The third-order valence-electron chi connectivity index (χ3n) is 3.10. The number of hydrogen-bond acceptors (Lipinski definition) is 3. The monoisotopic (exact) mass is 285 g/mol. The first-order valence-corrected chi connectivity index (χ1v) is 6.84. The molecule has 21 heavy (non-hydrogen) atoms. The van der Waals surface area contributed by atoms with Gasteiger partial charge in [0.05, 0.1) is 25.0 Å². The second-order valence-corrected chi connectivity index (χ2v) is 4.54. The average Bonchev–Trinajstić information content (AvgIpc) is 2.49. The quantitative estimate of drug-likeness (QED) is 0.912. The van der Waals surface area contributed by atoms with E-state index in [1.807, 2.05) is 50.2 Å². The summed E-state index contributed by atoms with van der Waals surface area (Å²) in [7, 11) is 1.56. The zero-order valence-corrected chi connectivity index (χ0v) is 12.5. The fourth-order valence-corrected chi connectivity index (χ4v) is 2.14. The van der Waals surface area contributed by atoms with Crippen molar-refractivity contribution in [2.24, 2.45) is 0 Å². The van der Waals surface area contributed by atoms with Gasteiger partial charge in [-0.05, 0) is 37.6 Å². The van der Waals surface area contributed by atoms with Crippen LogP contribution in [0.25, 0.3) is 0 Å². The minimum atomic E-state index is -0.220. The molecule has 0 heterocycles. The summed E-state index contributed by atoms with van der Waals surface area (Å²) in [4.78, 5) is 12.5. The molecular weight excluding hydrogens is 266 g/mol. The molecule has 0 aliphatic carbocycles. The summed E-state index contributed by atoms with van der Waals surface area (Å²) in [5.74, 6) is 1.02. The molecular formula is C17H19NO3. The molecule has 0 bridgehead atoms. The van der Waals surface area contributed by atoms with Crippen LogP contribution in [0.5, 0.6) is 11.5 Å². The number of carbonyl (C=O) groups is 1. The van der Waals surface area contributed by atoms with Crippen molar-refractivity contribution < 1.29 is 14.3 Å². The number of carbonyl (C=O) groups excluding carboxylic acids is 1. The van der Waals surface area contributed by atoms with Crippen molar-refractivity contribution in [3.05, 3.63) is 53.6 Å². The minimum Gasteiger partial charge on any atom is -0.496 e. The summed E-state index contributed by atoms with van der Waals surface area (Å²) in [5.41, 5.74) is 2.07. The lowest BCUT2D eigenvalue weighted by Crippen LogP contribution is -2.14. The Bertz CT molecular complexity index is 638. The van der Waals surface area contributed by atoms with Gasteiger partial charge in [-0.2, -0.15) is 0 Å². The Kier molecular flexibility index (Phi) is 4.82. The molecule has 2 aromatic rings. The van der Waals surface area contributed by atoms with E-state index < -0.39 is 0 Å². The van der Waals surface area contributed by atoms with Crippen LogP contribution >= 0.6 is 0 Å². The van der Waals surface area contributed by atoms with Crippen molar-refractivity contribution >= 4 is 11.6 Å². The Morgan fingerprint density at radius 3 is 2.62 bits per heavy atom. The molecule has 0 unspecified atom stereocenters. The molecule has 1 amide bonds. The Morgan fingerprint density at radius 2 is 1.90 bits per heavy atom. The molecule has 4 nitrogen and oxygen atoms in total. The molecule has 0 saturated heterocycles.